The summed E-state index contributed by atoms with van der Waals surface area (Å²) in [7, 11) is 0. The molecule has 0 fully saturated rings. The van der Waals surface area contributed by atoms with Crippen LogP contribution in [0.2, 0.25) is 0 Å². The average Bonchev–Trinajstić information content (AvgIpc) is 2.95. The molecule has 198 valence electrons. The Balaban J connectivity index is 1.99. The van der Waals surface area contributed by atoms with Gasteiger partial charge in [0, 0.05) is 17.8 Å². The molecule has 1 nitrogen and oxygen atoms in total. The molecular weight excluding hydrogens is 460 g/mol. The molecule has 0 aliphatic rings. The fraction of sp³-hybridized carbons (Fsp3) is 0.351. The third-order valence-electron chi connectivity index (χ3n) is 7.93. The van der Waals surface area contributed by atoms with Crippen molar-refractivity contribution in [1.82, 2.24) is 0 Å². The van der Waals surface area contributed by atoms with Crippen molar-refractivity contribution in [3.8, 4) is 0 Å². The second kappa shape index (κ2) is 12.1. The van der Waals surface area contributed by atoms with E-state index < -0.39 is 5.60 Å². The molecule has 1 heteroatoms. The Morgan fingerprint density at radius 1 is 0.526 bits per heavy atom. The Hall–Kier alpha value is -3.16. The van der Waals surface area contributed by atoms with Crippen LogP contribution in [-0.2, 0) is 10.3 Å². The second-order valence-electron chi connectivity index (χ2n) is 11.7. The van der Waals surface area contributed by atoms with Crippen molar-refractivity contribution in [3.05, 3.63) is 142 Å². The van der Waals surface area contributed by atoms with Gasteiger partial charge in [-0.15, -0.1) is 0 Å². The molecule has 4 aromatic rings. The molecule has 0 aliphatic carbocycles. The fourth-order valence-electron chi connectivity index (χ4n) is 5.56. The number of ether oxygens (including phenoxy) is 1. The molecule has 0 radical (unpaired) electrons. The van der Waals surface area contributed by atoms with Crippen molar-refractivity contribution >= 4 is 0 Å². The summed E-state index contributed by atoms with van der Waals surface area (Å²) >= 11 is 0. The quantitative estimate of drug-likeness (QED) is 0.209. The highest BCUT2D eigenvalue weighted by atomic mass is 16.5. The minimum absolute atomic E-state index is 0.234. The second-order valence-corrected chi connectivity index (χ2v) is 11.7. The van der Waals surface area contributed by atoms with Crippen molar-refractivity contribution < 1.29 is 4.74 Å². The number of hydrogen-bond acceptors (Lipinski definition) is 1. The van der Waals surface area contributed by atoms with E-state index in [0.717, 1.165) is 6.61 Å². The summed E-state index contributed by atoms with van der Waals surface area (Å²) in [5.41, 5.74) is 8.98. The van der Waals surface area contributed by atoms with Gasteiger partial charge in [0.1, 0.15) is 0 Å². The van der Waals surface area contributed by atoms with Gasteiger partial charge in [-0.3, -0.25) is 0 Å². The van der Waals surface area contributed by atoms with Crippen LogP contribution in [0.1, 0.15) is 105 Å². The zero-order valence-corrected chi connectivity index (χ0v) is 24.2. The van der Waals surface area contributed by atoms with Gasteiger partial charge >= 0.3 is 0 Å². The van der Waals surface area contributed by atoms with Crippen LogP contribution >= 0.6 is 0 Å². The van der Waals surface area contributed by atoms with E-state index in [0.29, 0.717) is 5.92 Å². The third kappa shape index (κ3) is 6.27. The Kier molecular flexibility index (Phi) is 8.90. The highest BCUT2D eigenvalue weighted by Crippen LogP contribution is 2.44. The summed E-state index contributed by atoms with van der Waals surface area (Å²) in [4.78, 5) is 0. The Labute approximate surface area is 230 Å². The predicted octanol–water partition coefficient (Wildman–Crippen LogP) is 10.0. The van der Waals surface area contributed by atoms with E-state index in [-0.39, 0.29) is 17.8 Å². The van der Waals surface area contributed by atoms with Crippen LogP contribution in [-0.4, -0.2) is 6.61 Å². The molecule has 0 N–H and O–H groups in total. The number of benzene rings is 4. The molecular formula is C37H44O. The monoisotopic (exact) mass is 504 g/mol. The van der Waals surface area contributed by atoms with Gasteiger partial charge < -0.3 is 4.74 Å². The lowest BCUT2D eigenvalue weighted by molar-refractivity contribution is -0.0360. The topological polar surface area (TPSA) is 9.23 Å². The van der Waals surface area contributed by atoms with Crippen LogP contribution in [0.15, 0.2) is 103 Å². The van der Waals surface area contributed by atoms with Crippen molar-refractivity contribution in [3.63, 3.8) is 0 Å². The van der Waals surface area contributed by atoms with Gasteiger partial charge in [-0.25, -0.2) is 0 Å². The van der Waals surface area contributed by atoms with Crippen LogP contribution < -0.4 is 0 Å². The number of rotatable bonds is 10. The van der Waals surface area contributed by atoms with E-state index >= 15 is 0 Å². The van der Waals surface area contributed by atoms with Gasteiger partial charge in [0.15, 0.2) is 0 Å². The van der Waals surface area contributed by atoms with Crippen molar-refractivity contribution in [1.29, 1.82) is 0 Å². The van der Waals surface area contributed by atoms with Gasteiger partial charge in [-0.2, -0.15) is 0 Å². The first-order chi connectivity index (χ1) is 18.2. The van der Waals surface area contributed by atoms with Crippen LogP contribution in [0.5, 0.6) is 0 Å². The predicted molar refractivity (Wildman–Crippen MR) is 162 cm³/mol. The maximum atomic E-state index is 6.72. The van der Waals surface area contributed by atoms with Crippen molar-refractivity contribution in [2.45, 2.75) is 71.8 Å². The molecule has 0 saturated carbocycles. The molecule has 4 aromatic carbocycles. The normalized spacial score (nSPS) is 14.3. The van der Waals surface area contributed by atoms with Gasteiger partial charge in [-0.05, 0) is 58.7 Å². The molecule has 3 unspecified atom stereocenters. The fourth-order valence-corrected chi connectivity index (χ4v) is 5.56. The van der Waals surface area contributed by atoms with Crippen LogP contribution in [0, 0.1) is 5.92 Å². The SMILES string of the molecule is CC(C)COC(C)(C)c1c(C(C)c2ccccc2)cc(C(C)c2ccccc2)cc1C(C)c1ccccc1. The van der Waals surface area contributed by atoms with E-state index in [1.807, 2.05) is 0 Å². The molecule has 38 heavy (non-hydrogen) atoms. The summed E-state index contributed by atoms with van der Waals surface area (Å²) in [6.45, 7) is 16.7. The van der Waals surface area contributed by atoms with Crippen molar-refractivity contribution in [2.75, 3.05) is 6.61 Å². The summed E-state index contributed by atoms with van der Waals surface area (Å²) in [6.07, 6.45) is 0. The standard InChI is InChI=1S/C37H44O/c1-26(2)25-38-37(6,7)36-34(28(4)31-19-13-9-14-20-31)23-33(27(3)30-17-11-8-12-18-30)24-35(36)29(5)32-21-15-10-16-22-32/h8-24,26-29H,25H2,1-7H3. The van der Waals surface area contributed by atoms with E-state index in [1.54, 1.807) is 0 Å². The van der Waals surface area contributed by atoms with E-state index in [2.05, 4.69) is 152 Å². The molecule has 0 bridgehead atoms. The minimum Gasteiger partial charge on any atom is -0.371 e. The first-order valence-electron chi connectivity index (χ1n) is 14.2. The summed E-state index contributed by atoms with van der Waals surface area (Å²) < 4.78 is 6.72. The van der Waals surface area contributed by atoms with Gasteiger partial charge in [0.25, 0.3) is 0 Å². The highest BCUT2D eigenvalue weighted by Gasteiger charge is 2.33. The van der Waals surface area contributed by atoms with Crippen LogP contribution in [0.25, 0.3) is 0 Å². The maximum Gasteiger partial charge on any atom is 0.0881 e. The minimum atomic E-state index is -0.435. The molecule has 0 aliphatic heterocycles. The lowest BCUT2D eigenvalue weighted by atomic mass is 9.74. The lowest BCUT2D eigenvalue weighted by Crippen LogP contribution is -2.29. The van der Waals surface area contributed by atoms with Gasteiger partial charge in [0.05, 0.1) is 12.2 Å². The highest BCUT2D eigenvalue weighted by molar-refractivity contribution is 5.52. The molecule has 0 spiro atoms. The van der Waals surface area contributed by atoms with E-state index in [1.165, 1.54) is 38.9 Å². The number of hydrogen-bond donors (Lipinski definition) is 0. The largest absolute Gasteiger partial charge is 0.371 e. The van der Waals surface area contributed by atoms with Gasteiger partial charge in [0.2, 0.25) is 0 Å². The maximum absolute atomic E-state index is 6.72. The Bertz CT molecular complexity index is 1220. The molecule has 0 amide bonds. The molecule has 0 aromatic heterocycles. The summed E-state index contributed by atoms with van der Waals surface area (Å²) in [5.74, 6) is 1.22. The zero-order chi connectivity index (χ0) is 27.3. The molecule has 0 heterocycles. The summed E-state index contributed by atoms with van der Waals surface area (Å²) in [6, 6.07) is 37.6. The zero-order valence-electron chi connectivity index (χ0n) is 24.2. The first kappa shape index (κ1) is 27.9. The summed E-state index contributed by atoms with van der Waals surface area (Å²) in [5, 5.41) is 0. The average molecular weight is 505 g/mol. The Morgan fingerprint density at radius 2 is 0.895 bits per heavy atom. The first-order valence-corrected chi connectivity index (χ1v) is 14.2. The molecule has 3 atom stereocenters. The van der Waals surface area contributed by atoms with Crippen LogP contribution in [0.4, 0.5) is 0 Å². The molecule has 4 rings (SSSR count). The van der Waals surface area contributed by atoms with E-state index in [4.69, 9.17) is 4.74 Å². The smallest absolute Gasteiger partial charge is 0.0881 e. The lowest BCUT2D eigenvalue weighted by Gasteiger charge is -2.36. The third-order valence-corrected chi connectivity index (χ3v) is 7.93. The van der Waals surface area contributed by atoms with Crippen molar-refractivity contribution in [2.24, 2.45) is 5.92 Å². The van der Waals surface area contributed by atoms with Gasteiger partial charge in [-0.1, -0.05) is 138 Å². The van der Waals surface area contributed by atoms with E-state index in [9.17, 15) is 0 Å². The molecule has 0 saturated heterocycles. The Morgan fingerprint density at radius 3 is 1.26 bits per heavy atom. The van der Waals surface area contributed by atoms with Crippen LogP contribution in [0.3, 0.4) is 0 Å².